The lowest BCUT2D eigenvalue weighted by molar-refractivity contribution is -0.138. The van der Waals surface area contributed by atoms with Gasteiger partial charge in [-0.25, -0.2) is 4.39 Å². The molecule has 0 atom stereocenters. The second kappa shape index (κ2) is 6.75. The van der Waals surface area contributed by atoms with Gasteiger partial charge in [0.05, 0.1) is 5.56 Å². The largest absolute Gasteiger partial charge is 0.416 e. The first-order chi connectivity index (χ1) is 9.86. The highest BCUT2D eigenvalue weighted by Crippen LogP contribution is 2.32. The van der Waals surface area contributed by atoms with Crippen LogP contribution in [0.5, 0.6) is 0 Å². The number of halogens is 4. The van der Waals surface area contributed by atoms with Crippen molar-refractivity contribution in [3.8, 4) is 0 Å². The average Bonchev–Trinajstić information content (AvgIpc) is 2.40. The third-order valence-electron chi connectivity index (χ3n) is 3.89. The van der Waals surface area contributed by atoms with Crippen LogP contribution in [-0.4, -0.2) is 49.6 Å². The summed E-state index contributed by atoms with van der Waals surface area (Å²) in [6.45, 7) is 4.58. The van der Waals surface area contributed by atoms with Crippen LogP contribution >= 0.6 is 0 Å². The van der Waals surface area contributed by atoms with E-state index in [1.165, 1.54) is 0 Å². The van der Waals surface area contributed by atoms with E-state index in [1.807, 2.05) is 0 Å². The van der Waals surface area contributed by atoms with Crippen LogP contribution in [0, 0.1) is 5.82 Å². The second-order valence-corrected chi connectivity index (χ2v) is 5.55. The van der Waals surface area contributed by atoms with Crippen molar-refractivity contribution in [1.29, 1.82) is 0 Å². The number of aryl methyl sites for hydroxylation is 1. The van der Waals surface area contributed by atoms with Gasteiger partial charge in [-0.2, -0.15) is 13.2 Å². The van der Waals surface area contributed by atoms with Crippen LogP contribution in [0.25, 0.3) is 0 Å². The Morgan fingerprint density at radius 3 is 2.38 bits per heavy atom. The van der Waals surface area contributed by atoms with Gasteiger partial charge < -0.3 is 9.80 Å². The lowest BCUT2D eigenvalue weighted by Crippen LogP contribution is -2.44. The summed E-state index contributed by atoms with van der Waals surface area (Å²) in [5.41, 5.74) is -0.668. The fraction of sp³-hybridized carbons (Fsp3) is 0.600. The van der Waals surface area contributed by atoms with Gasteiger partial charge in [0.2, 0.25) is 0 Å². The van der Waals surface area contributed by atoms with Crippen molar-refractivity contribution in [2.75, 3.05) is 39.8 Å². The lowest BCUT2D eigenvalue weighted by Gasteiger charge is -2.32. The van der Waals surface area contributed by atoms with Gasteiger partial charge in [0.25, 0.3) is 0 Å². The van der Waals surface area contributed by atoms with E-state index in [0.29, 0.717) is 6.42 Å². The molecule has 0 aliphatic carbocycles. The van der Waals surface area contributed by atoms with Gasteiger partial charge in [-0.1, -0.05) is 0 Å². The molecule has 0 radical (unpaired) electrons. The molecule has 0 aromatic heterocycles. The van der Waals surface area contributed by atoms with Gasteiger partial charge in [-0.3, -0.25) is 0 Å². The minimum atomic E-state index is -4.42. The zero-order chi connectivity index (χ0) is 15.5. The fourth-order valence-electron chi connectivity index (χ4n) is 2.61. The average molecular weight is 304 g/mol. The van der Waals surface area contributed by atoms with Crippen molar-refractivity contribution in [2.45, 2.75) is 19.0 Å². The lowest BCUT2D eigenvalue weighted by atomic mass is 10.0. The SMILES string of the molecule is CN1CCN(CCCc2cc(F)ccc2C(F)(F)F)CC1. The summed E-state index contributed by atoms with van der Waals surface area (Å²) >= 11 is 0. The smallest absolute Gasteiger partial charge is 0.304 e. The molecule has 0 spiro atoms. The van der Waals surface area contributed by atoms with Crippen LogP contribution in [0.15, 0.2) is 18.2 Å². The van der Waals surface area contributed by atoms with Crippen LogP contribution in [0.3, 0.4) is 0 Å². The molecule has 1 saturated heterocycles. The monoisotopic (exact) mass is 304 g/mol. The number of alkyl halides is 3. The molecule has 2 rings (SSSR count). The minimum Gasteiger partial charge on any atom is -0.304 e. The van der Waals surface area contributed by atoms with Crippen molar-refractivity contribution in [3.05, 3.63) is 35.1 Å². The molecular formula is C15H20F4N2. The maximum atomic E-state index is 13.2. The maximum absolute atomic E-state index is 13.2. The van der Waals surface area contributed by atoms with E-state index in [4.69, 9.17) is 0 Å². The van der Waals surface area contributed by atoms with Crippen LogP contribution in [-0.2, 0) is 12.6 Å². The first-order valence-electron chi connectivity index (χ1n) is 7.13. The molecule has 1 aromatic rings. The molecule has 0 unspecified atom stereocenters. The summed E-state index contributed by atoms with van der Waals surface area (Å²) in [6.07, 6.45) is -3.56. The highest BCUT2D eigenvalue weighted by atomic mass is 19.4. The number of benzene rings is 1. The zero-order valence-corrected chi connectivity index (χ0v) is 12.1. The van der Waals surface area contributed by atoms with E-state index >= 15 is 0 Å². The zero-order valence-electron chi connectivity index (χ0n) is 12.1. The Bertz CT molecular complexity index is 465. The van der Waals surface area contributed by atoms with E-state index in [2.05, 4.69) is 16.8 Å². The van der Waals surface area contributed by atoms with E-state index in [1.54, 1.807) is 0 Å². The van der Waals surface area contributed by atoms with Gasteiger partial charge in [0, 0.05) is 26.2 Å². The van der Waals surface area contributed by atoms with E-state index in [0.717, 1.165) is 50.9 Å². The molecule has 2 nitrogen and oxygen atoms in total. The highest BCUT2D eigenvalue weighted by Gasteiger charge is 2.33. The molecule has 1 fully saturated rings. The van der Waals surface area contributed by atoms with Crippen molar-refractivity contribution in [1.82, 2.24) is 9.80 Å². The number of rotatable bonds is 4. The maximum Gasteiger partial charge on any atom is 0.416 e. The minimum absolute atomic E-state index is 0.0524. The summed E-state index contributed by atoms with van der Waals surface area (Å²) in [5.74, 6) is -0.613. The van der Waals surface area contributed by atoms with Crippen LogP contribution in [0.1, 0.15) is 17.5 Å². The van der Waals surface area contributed by atoms with Crippen LogP contribution in [0.4, 0.5) is 17.6 Å². The highest BCUT2D eigenvalue weighted by molar-refractivity contribution is 5.30. The molecule has 1 aromatic carbocycles. The number of nitrogens with zero attached hydrogens (tertiary/aromatic N) is 2. The Balaban J connectivity index is 1.92. The molecule has 6 heteroatoms. The van der Waals surface area contributed by atoms with Gasteiger partial charge in [0.1, 0.15) is 5.82 Å². The van der Waals surface area contributed by atoms with Crippen LogP contribution < -0.4 is 0 Å². The molecule has 0 saturated carbocycles. The topological polar surface area (TPSA) is 6.48 Å². The summed E-state index contributed by atoms with van der Waals surface area (Å²) in [7, 11) is 2.06. The van der Waals surface area contributed by atoms with Gasteiger partial charge in [0.15, 0.2) is 0 Å². The molecule has 0 bridgehead atoms. The Morgan fingerprint density at radius 1 is 1.10 bits per heavy atom. The molecule has 1 aliphatic heterocycles. The summed E-state index contributed by atoms with van der Waals surface area (Å²) in [4.78, 5) is 4.47. The predicted molar refractivity (Wildman–Crippen MR) is 73.7 cm³/mol. The first-order valence-corrected chi connectivity index (χ1v) is 7.13. The summed E-state index contributed by atoms with van der Waals surface area (Å²) < 4.78 is 51.8. The van der Waals surface area contributed by atoms with Crippen molar-refractivity contribution in [2.24, 2.45) is 0 Å². The van der Waals surface area contributed by atoms with Gasteiger partial charge >= 0.3 is 6.18 Å². The molecule has 118 valence electrons. The van der Waals surface area contributed by atoms with E-state index < -0.39 is 17.6 Å². The summed E-state index contributed by atoms with van der Waals surface area (Å²) in [6, 6.07) is 2.71. The van der Waals surface area contributed by atoms with Crippen molar-refractivity contribution >= 4 is 0 Å². The Hall–Kier alpha value is -1.14. The normalized spacial score (nSPS) is 18.1. The third-order valence-corrected chi connectivity index (χ3v) is 3.89. The Kier molecular flexibility index (Phi) is 5.22. The van der Waals surface area contributed by atoms with E-state index in [-0.39, 0.29) is 12.0 Å². The van der Waals surface area contributed by atoms with Crippen LogP contribution in [0.2, 0.25) is 0 Å². The van der Waals surface area contributed by atoms with Crippen molar-refractivity contribution < 1.29 is 17.6 Å². The van der Waals surface area contributed by atoms with Gasteiger partial charge in [-0.05, 0) is 50.2 Å². The van der Waals surface area contributed by atoms with Crippen molar-refractivity contribution in [3.63, 3.8) is 0 Å². The number of piperazine rings is 1. The number of likely N-dealkylation sites (N-methyl/N-ethyl adjacent to an activating group) is 1. The third kappa shape index (κ3) is 4.68. The van der Waals surface area contributed by atoms with E-state index in [9.17, 15) is 17.6 Å². The standard InChI is InChI=1S/C15H20F4N2/c1-20-7-9-21(10-8-20)6-2-3-12-11-13(16)4-5-14(12)15(17,18)19/h4-5,11H,2-3,6-10H2,1H3. The Morgan fingerprint density at radius 2 is 1.76 bits per heavy atom. The number of hydrogen-bond acceptors (Lipinski definition) is 2. The predicted octanol–water partition coefficient (Wildman–Crippen LogP) is 3.02. The van der Waals surface area contributed by atoms with Gasteiger partial charge in [-0.15, -0.1) is 0 Å². The molecular weight excluding hydrogens is 284 g/mol. The molecule has 21 heavy (non-hydrogen) atoms. The first kappa shape index (κ1) is 16.2. The fourth-order valence-corrected chi connectivity index (χ4v) is 2.61. The quantitative estimate of drug-likeness (QED) is 0.789. The molecule has 0 N–H and O–H groups in total. The second-order valence-electron chi connectivity index (χ2n) is 5.55. The molecule has 1 heterocycles. The Labute approximate surface area is 122 Å². The summed E-state index contributed by atoms with van der Waals surface area (Å²) in [5, 5.41) is 0. The number of hydrogen-bond donors (Lipinski definition) is 0. The molecule has 1 aliphatic rings. The molecule has 0 amide bonds.